The van der Waals surface area contributed by atoms with Crippen molar-refractivity contribution in [2.45, 2.75) is 63.9 Å². The molecule has 2 amide bonds. The van der Waals surface area contributed by atoms with Crippen LogP contribution in [-0.4, -0.2) is 50.2 Å². The fourth-order valence-corrected chi connectivity index (χ4v) is 6.89. The summed E-state index contributed by atoms with van der Waals surface area (Å²) >= 11 is 0. The van der Waals surface area contributed by atoms with Crippen LogP contribution in [0.3, 0.4) is 0 Å². The van der Waals surface area contributed by atoms with Crippen molar-refractivity contribution in [3.05, 3.63) is 89.3 Å². The van der Waals surface area contributed by atoms with Gasteiger partial charge in [0, 0.05) is 29.9 Å². The monoisotopic (exact) mass is 634 g/mol. The smallest absolute Gasteiger partial charge is 0.250 e. The number of aromatic nitrogens is 3. The fourth-order valence-electron chi connectivity index (χ4n) is 6.89. The average Bonchev–Trinajstić information content (AvgIpc) is 3.81. The molecule has 1 spiro atoms. The second kappa shape index (κ2) is 10.7. The third-order valence-electron chi connectivity index (χ3n) is 9.34. The lowest BCUT2D eigenvalue weighted by molar-refractivity contribution is -0.135. The van der Waals surface area contributed by atoms with Crippen molar-refractivity contribution in [1.29, 1.82) is 0 Å². The zero-order chi connectivity index (χ0) is 32.6. The van der Waals surface area contributed by atoms with Crippen molar-refractivity contribution in [1.82, 2.24) is 25.6 Å². The van der Waals surface area contributed by atoms with Gasteiger partial charge in [-0.1, -0.05) is 58.0 Å². The standard InChI is InChI=1S/C35H34N6O6/c1-16(2)26-32-41-27(33-38-23-15-36-12-11-25(23)45-33)29(47-32)35-19-7-5-6-8-21(19)39-34(35)46-24-10-9-18(13-20(24)35)14-22(30(43)40-26)37-31(44)28(42)17(3)4/h5-13,15-17,22,26,28,34,39,42H,14H2,1-4H3,(H,37,44)(H,40,43)/t22-,26-,28-,34+,35?/m0/s1. The highest BCUT2D eigenvalue weighted by Gasteiger charge is 2.61. The molecule has 0 aliphatic carbocycles. The molecule has 3 aliphatic heterocycles. The summed E-state index contributed by atoms with van der Waals surface area (Å²) in [7, 11) is 0. The molecule has 0 fully saturated rings. The van der Waals surface area contributed by atoms with Crippen molar-refractivity contribution >= 4 is 28.6 Å². The number of nitrogens with zero attached hydrogens (tertiary/aromatic N) is 3. The highest BCUT2D eigenvalue weighted by atomic mass is 16.5. The molecular formula is C35H34N6O6. The SMILES string of the molecule is CC(C)[C@H](O)C(=O)N[C@H]1Cc2ccc3c(c2)C2(c4ccccc4N[C@@H]2O3)c2oc(nc2-c2nc3cnccc3o2)[C@H](C(C)C)NC1=O. The number of benzene rings is 2. The molecular weight excluding hydrogens is 600 g/mol. The number of hydrogen-bond acceptors (Lipinski definition) is 10. The van der Waals surface area contributed by atoms with E-state index >= 15 is 0 Å². The number of rotatable bonds is 5. The van der Waals surface area contributed by atoms with Gasteiger partial charge in [-0.25, -0.2) is 9.97 Å². The summed E-state index contributed by atoms with van der Waals surface area (Å²) in [5, 5.41) is 20.0. The Morgan fingerprint density at radius 1 is 1.04 bits per heavy atom. The number of nitrogens with one attached hydrogen (secondary N) is 3. The van der Waals surface area contributed by atoms with E-state index in [0.717, 1.165) is 22.4 Å². The molecule has 0 saturated heterocycles. The molecule has 8 rings (SSSR count). The van der Waals surface area contributed by atoms with Crippen LogP contribution in [0.5, 0.6) is 5.75 Å². The topological polar surface area (TPSA) is 165 Å². The first kappa shape index (κ1) is 29.2. The first-order valence-electron chi connectivity index (χ1n) is 15.8. The van der Waals surface area contributed by atoms with E-state index in [2.05, 4.69) is 20.9 Å². The predicted octanol–water partition coefficient (Wildman–Crippen LogP) is 4.23. The average molecular weight is 635 g/mol. The van der Waals surface area contributed by atoms with Crippen LogP contribution in [0, 0.1) is 11.8 Å². The van der Waals surface area contributed by atoms with E-state index in [1.54, 1.807) is 32.3 Å². The quantitative estimate of drug-likeness (QED) is 0.220. The second-order valence-corrected chi connectivity index (χ2v) is 13.1. The lowest BCUT2D eigenvalue weighted by atomic mass is 9.72. The maximum absolute atomic E-state index is 14.0. The van der Waals surface area contributed by atoms with Crippen LogP contribution in [-0.2, 0) is 21.4 Å². The number of amides is 2. The number of aliphatic hydroxyl groups excluding tert-OH is 1. The number of anilines is 1. The Morgan fingerprint density at radius 2 is 1.87 bits per heavy atom. The van der Waals surface area contributed by atoms with Crippen LogP contribution in [0.25, 0.3) is 22.7 Å². The molecule has 5 aromatic rings. The van der Waals surface area contributed by atoms with Gasteiger partial charge in [0.15, 0.2) is 23.3 Å². The van der Waals surface area contributed by atoms with Gasteiger partial charge in [0.05, 0.1) is 6.20 Å². The normalized spacial score (nSPS) is 23.3. The zero-order valence-corrected chi connectivity index (χ0v) is 26.3. The first-order valence-corrected chi connectivity index (χ1v) is 15.8. The number of ether oxygens (including phenoxy) is 1. The molecule has 12 nitrogen and oxygen atoms in total. The Hall–Kier alpha value is -5.23. The van der Waals surface area contributed by atoms with Gasteiger partial charge >= 0.3 is 0 Å². The molecule has 5 atom stereocenters. The van der Waals surface area contributed by atoms with Gasteiger partial charge in [0.1, 0.15) is 34.9 Å². The Morgan fingerprint density at radius 3 is 2.66 bits per heavy atom. The summed E-state index contributed by atoms with van der Waals surface area (Å²) in [4.78, 5) is 41.0. The third-order valence-corrected chi connectivity index (χ3v) is 9.34. The van der Waals surface area contributed by atoms with Gasteiger partial charge in [-0.3, -0.25) is 14.6 Å². The highest BCUT2D eigenvalue weighted by molar-refractivity contribution is 5.90. The van der Waals surface area contributed by atoms with Gasteiger partial charge in [0.2, 0.25) is 23.6 Å². The number of fused-ring (bicyclic) bond motifs is 5. The van der Waals surface area contributed by atoms with Crippen molar-refractivity contribution in [2.75, 3.05) is 5.32 Å². The summed E-state index contributed by atoms with van der Waals surface area (Å²) in [5.74, 6) is 0.0743. The van der Waals surface area contributed by atoms with E-state index in [4.69, 9.17) is 23.5 Å². The summed E-state index contributed by atoms with van der Waals surface area (Å²) in [5.41, 5.74) is 3.88. The van der Waals surface area contributed by atoms with Crippen molar-refractivity contribution in [3.63, 3.8) is 0 Å². The highest BCUT2D eigenvalue weighted by Crippen LogP contribution is 2.59. The second-order valence-electron chi connectivity index (χ2n) is 13.1. The summed E-state index contributed by atoms with van der Waals surface area (Å²) < 4.78 is 19.7. The lowest BCUT2D eigenvalue weighted by Gasteiger charge is -2.29. The molecule has 0 saturated carbocycles. The number of oxazole rings is 2. The van der Waals surface area contributed by atoms with E-state index in [0.29, 0.717) is 28.3 Å². The van der Waals surface area contributed by atoms with Crippen LogP contribution in [0.1, 0.15) is 62.1 Å². The number of carbonyl (C=O) groups excluding carboxylic acids is 2. The maximum Gasteiger partial charge on any atom is 0.250 e. The number of para-hydroxylation sites is 1. The molecule has 2 aromatic carbocycles. The molecule has 47 heavy (non-hydrogen) atoms. The summed E-state index contributed by atoms with van der Waals surface area (Å²) in [6.45, 7) is 7.40. The Labute approximate surface area is 270 Å². The summed E-state index contributed by atoms with van der Waals surface area (Å²) in [6.07, 6.45) is 1.57. The van der Waals surface area contributed by atoms with Crippen molar-refractivity contribution in [2.24, 2.45) is 11.8 Å². The van der Waals surface area contributed by atoms with E-state index in [1.807, 2.05) is 56.3 Å². The molecule has 240 valence electrons. The van der Waals surface area contributed by atoms with Crippen LogP contribution in [0.2, 0.25) is 0 Å². The van der Waals surface area contributed by atoms with E-state index in [9.17, 15) is 14.7 Å². The molecule has 6 heterocycles. The molecule has 3 aliphatic rings. The minimum absolute atomic E-state index is 0.165. The molecule has 12 heteroatoms. The van der Waals surface area contributed by atoms with Crippen molar-refractivity contribution < 1.29 is 28.3 Å². The zero-order valence-electron chi connectivity index (χ0n) is 26.3. The van der Waals surface area contributed by atoms with Crippen LogP contribution in [0.15, 0.2) is 69.8 Å². The molecule has 3 aromatic heterocycles. The Balaban J connectivity index is 1.38. The van der Waals surface area contributed by atoms with Gasteiger partial charge < -0.3 is 34.6 Å². The Kier molecular flexibility index (Phi) is 6.62. The summed E-state index contributed by atoms with van der Waals surface area (Å²) in [6, 6.07) is 13.8. The van der Waals surface area contributed by atoms with Gasteiger partial charge in [0.25, 0.3) is 0 Å². The molecule has 0 radical (unpaired) electrons. The van der Waals surface area contributed by atoms with Gasteiger partial charge in [-0.2, -0.15) is 0 Å². The first-order chi connectivity index (χ1) is 22.6. The number of pyridine rings is 1. The van der Waals surface area contributed by atoms with Crippen LogP contribution < -0.4 is 20.7 Å². The minimum Gasteiger partial charge on any atom is -0.469 e. The number of carbonyl (C=O) groups is 2. The predicted molar refractivity (Wildman–Crippen MR) is 170 cm³/mol. The number of aliphatic hydroxyl groups is 1. The maximum atomic E-state index is 14.0. The van der Waals surface area contributed by atoms with E-state index in [-0.39, 0.29) is 30.0 Å². The Bertz CT molecular complexity index is 2020. The van der Waals surface area contributed by atoms with E-state index < -0.39 is 41.6 Å². The lowest BCUT2D eigenvalue weighted by Crippen LogP contribution is -2.52. The van der Waals surface area contributed by atoms with E-state index in [1.165, 1.54) is 0 Å². The molecule has 4 N–H and O–H groups in total. The molecule has 1 unspecified atom stereocenters. The largest absolute Gasteiger partial charge is 0.469 e. The van der Waals surface area contributed by atoms with Crippen molar-refractivity contribution in [3.8, 4) is 17.3 Å². The minimum atomic E-state index is -1.27. The molecule has 4 bridgehead atoms. The number of hydrogen-bond donors (Lipinski definition) is 4. The fraction of sp³-hybridized carbons (Fsp3) is 0.343. The van der Waals surface area contributed by atoms with Crippen LogP contribution in [0.4, 0.5) is 5.69 Å². The van der Waals surface area contributed by atoms with Crippen LogP contribution >= 0.6 is 0 Å². The van der Waals surface area contributed by atoms with Gasteiger partial charge in [-0.15, -0.1) is 0 Å². The van der Waals surface area contributed by atoms with Gasteiger partial charge in [-0.05, 0) is 35.1 Å². The third kappa shape index (κ3) is 4.42.